The molecule has 11 aromatic carbocycles. The van der Waals surface area contributed by atoms with E-state index in [1.165, 1.54) is 121 Å². The van der Waals surface area contributed by atoms with Crippen LogP contribution in [0.1, 0.15) is 49.9 Å². The van der Waals surface area contributed by atoms with Gasteiger partial charge in [0.2, 0.25) is 0 Å². The van der Waals surface area contributed by atoms with Gasteiger partial charge >= 0.3 is 0 Å². The molecule has 0 saturated heterocycles. The monoisotopic (exact) mass is 970 g/mol. The second kappa shape index (κ2) is 14.7. The van der Waals surface area contributed by atoms with Gasteiger partial charge in [0, 0.05) is 88.0 Å². The summed E-state index contributed by atoms with van der Waals surface area (Å²) in [6, 6.07) is 86.7. The van der Waals surface area contributed by atoms with Crippen molar-refractivity contribution in [2.24, 2.45) is 0 Å². The first kappa shape index (κ1) is 42.0. The highest BCUT2D eigenvalue weighted by molar-refractivity contribution is 6.29. The third kappa shape index (κ3) is 5.37. The van der Waals surface area contributed by atoms with Gasteiger partial charge in [0.15, 0.2) is 0 Å². The Kier molecular flexibility index (Phi) is 8.12. The molecule has 0 aliphatic heterocycles. The van der Waals surface area contributed by atoms with Gasteiger partial charge in [0.05, 0.1) is 33.1 Å². The molecule has 0 bridgehead atoms. The standard InChI is InChI=1S/C72H50N4/c1-71(2)61-27-13-11-21-49(61)55-37-45(29-33-63(55)71)73(43-17-7-5-8-18-43)47-31-35-65-57(39-47)51-23-15-25-53-59-42-68-60(41-67(59)75(65)69(51)53)54-26-16-24-52-58-40-48(32-36-66(58)76(68)70(52)54)74(44-19-9-6-10-20-44)46-30-34-64-56(38-46)50-22-12-14-28-62(50)72(64,3)4/h5-42H,1-4H3. The molecule has 15 aromatic rings. The fourth-order valence-corrected chi connectivity index (χ4v) is 14.4. The zero-order valence-corrected chi connectivity index (χ0v) is 42.7. The van der Waals surface area contributed by atoms with Crippen LogP contribution in [0.5, 0.6) is 0 Å². The molecule has 0 radical (unpaired) electrons. The van der Waals surface area contributed by atoms with E-state index in [9.17, 15) is 0 Å². The molecule has 0 N–H and O–H groups in total. The zero-order valence-electron chi connectivity index (χ0n) is 42.7. The molecule has 0 unspecified atom stereocenters. The maximum atomic E-state index is 2.54. The molecule has 0 fully saturated rings. The van der Waals surface area contributed by atoms with Gasteiger partial charge in [-0.2, -0.15) is 0 Å². The molecule has 0 atom stereocenters. The predicted octanol–water partition coefficient (Wildman–Crippen LogP) is 19.5. The molecule has 4 heterocycles. The van der Waals surface area contributed by atoms with Gasteiger partial charge in [0.25, 0.3) is 0 Å². The van der Waals surface area contributed by atoms with E-state index in [0.29, 0.717) is 0 Å². The second-order valence-corrected chi connectivity index (χ2v) is 22.5. The lowest BCUT2D eigenvalue weighted by atomic mass is 9.82. The third-order valence-electron chi connectivity index (χ3n) is 17.9. The lowest BCUT2D eigenvalue weighted by Gasteiger charge is -2.27. The quantitative estimate of drug-likeness (QED) is 0.165. The van der Waals surface area contributed by atoms with Crippen LogP contribution in [0, 0.1) is 0 Å². The van der Waals surface area contributed by atoms with Crippen LogP contribution in [0.15, 0.2) is 231 Å². The van der Waals surface area contributed by atoms with E-state index in [4.69, 9.17) is 0 Å². The molecular weight excluding hydrogens is 921 g/mol. The Labute approximate surface area is 440 Å². The number of anilines is 6. The van der Waals surface area contributed by atoms with E-state index < -0.39 is 0 Å². The first-order chi connectivity index (χ1) is 37.2. The number of hydrogen-bond acceptors (Lipinski definition) is 2. The number of rotatable bonds is 6. The molecule has 4 nitrogen and oxygen atoms in total. The third-order valence-corrected chi connectivity index (χ3v) is 17.9. The smallest absolute Gasteiger partial charge is 0.0620 e. The molecule has 0 saturated carbocycles. The lowest BCUT2D eigenvalue weighted by Crippen LogP contribution is -2.15. The SMILES string of the molecule is CC1(C)c2ccccc2-c2cc(N(c3ccccc3)c3ccc4c(c3)c3cccc5c6cc7c(cc6n4c35)c3cccc4c5cc(N(c6ccccc6)c6ccc8c(c6)-c6ccccc6C8(C)C)ccc5n7c43)ccc21. The van der Waals surface area contributed by atoms with E-state index >= 15 is 0 Å². The van der Waals surface area contributed by atoms with Crippen molar-refractivity contribution in [1.82, 2.24) is 8.80 Å². The molecule has 2 aliphatic rings. The molecule has 4 heteroatoms. The van der Waals surface area contributed by atoms with Gasteiger partial charge in [-0.3, -0.25) is 0 Å². The van der Waals surface area contributed by atoms with Gasteiger partial charge in [-0.1, -0.05) is 161 Å². The summed E-state index contributed by atoms with van der Waals surface area (Å²) in [4.78, 5) is 4.86. The van der Waals surface area contributed by atoms with Crippen molar-refractivity contribution in [2.45, 2.75) is 38.5 Å². The lowest BCUT2D eigenvalue weighted by molar-refractivity contribution is 0.660. The van der Waals surface area contributed by atoms with Crippen LogP contribution in [0.3, 0.4) is 0 Å². The zero-order chi connectivity index (χ0) is 50.3. The summed E-state index contributed by atoms with van der Waals surface area (Å²) in [5.41, 5.74) is 25.0. The van der Waals surface area contributed by atoms with Crippen LogP contribution in [0.4, 0.5) is 34.1 Å². The van der Waals surface area contributed by atoms with Crippen molar-refractivity contribution in [1.29, 1.82) is 0 Å². The van der Waals surface area contributed by atoms with E-state index in [1.54, 1.807) is 0 Å². The fraction of sp³-hybridized carbons (Fsp3) is 0.0833. The van der Waals surface area contributed by atoms with Gasteiger partial charge in [0.1, 0.15) is 0 Å². The molecule has 17 rings (SSSR count). The number of hydrogen-bond donors (Lipinski definition) is 0. The predicted molar refractivity (Wildman–Crippen MR) is 320 cm³/mol. The summed E-state index contributed by atoms with van der Waals surface area (Å²) in [5.74, 6) is 0. The first-order valence-corrected chi connectivity index (χ1v) is 26.8. The van der Waals surface area contributed by atoms with Crippen LogP contribution < -0.4 is 9.80 Å². The summed E-state index contributed by atoms with van der Waals surface area (Å²) in [6.07, 6.45) is 0. The van der Waals surface area contributed by atoms with E-state index in [2.05, 4.69) is 277 Å². The van der Waals surface area contributed by atoms with Crippen molar-refractivity contribution in [3.63, 3.8) is 0 Å². The topological polar surface area (TPSA) is 15.3 Å². The minimum absolute atomic E-state index is 0.0552. The van der Waals surface area contributed by atoms with Crippen LogP contribution in [-0.4, -0.2) is 8.80 Å². The van der Waals surface area contributed by atoms with Gasteiger partial charge < -0.3 is 18.6 Å². The largest absolute Gasteiger partial charge is 0.310 e. The van der Waals surface area contributed by atoms with Crippen molar-refractivity contribution < 1.29 is 0 Å². The normalized spacial score (nSPS) is 14.3. The molecule has 0 spiro atoms. The fourth-order valence-electron chi connectivity index (χ4n) is 14.4. The summed E-state index contributed by atoms with van der Waals surface area (Å²) in [6.45, 7) is 9.41. The number of fused-ring (bicyclic) bond motifs is 18. The van der Waals surface area contributed by atoms with Crippen LogP contribution in [0.2, 0.25) is 0 Å². The van der Waals surface area contributed by atoms with Crippen molar-refractivity contribution in [3.8, 4) is 22.3 Å². The van der Waals surface area contributed by atoms with Crippen LogP contribution >= 0.6 is 0 Å². The summed E-state index contributed by atoms with van der Waals surface area (Å²) >= 11 is 0. The van der Waals surface area contributed by atoms with Crippen molar-refractivity contribution >= 4 is 110 Å². The first-order valence-electron chi connectivity index (χ1n) is 26.8. The minimum atomic E-state index is -0.0552. The van der Waals surface area contributed by atoms with Crippen molar-refractivity contribution in [3.05, 3.63) is 253 Å². The Balaban J connectivity index is 0.829. The number of para-hydroxylation sites is 4. The van der Waals surface area contributed by atoms with E-state index in [0.717, 1.165) is 34.1 Å². The maximum Gasteiger partial charge on any atom is 0.0620 e. The molecule has 76 heavy (non-hydrogen) atoms. The Morgan fingerprint density at radius 2 is 0.592 bits per heavy atom. The highest BCUT2D eigenvalue weighted by atomic mass is 15.1. The second-order valence-electron chi connectivity index (χ2n) is 22.5. The van der Waals surface area contributed by atoms with Crippen LogP contribution in [-0.2, 0) is 10.8 Å². The molecule has 2 aliphatic carbocycles. The maximum absolute atomic E-state index is 2.54. The number of nitrogens with zero attached hydrogens (tertiary/aromatic N) is 4. The highest BCUT2D eigenvalue weighted by Gasteiger charge is 2.37. The Bertz CT molecular complexity index is 4620. The van der Waals surface area contributed by atoms with E-state index in [1.807, 2.05) is 0 Å². The van der Waals surface area contributed by atoms with Gasteiger partial charge in [-0.05, 0) is 142 Å². The minimum Gasteiger partial charge on any atom is -0.310 e. The van der Waals surface area contributed by atoms with Gasteiger partial charge in [-0.15, -0.1) is 0 Å². The summed E-state index contributed by atoms with van der Waals surface area (Å²) in [7, 11) is 0. The molecular formula is C72H50N4. The average molecular weight is 971 g/mol. The number of benzene rings is 11. The molecule has 4 aromatic heterocycles. The Morgan fingerprint density at radius 1 is 0.250 bits per heavy atom. The Hall–Kier alpha value is -9.38. The van der Waals surface area contributed by atoms with Gasteiger partial charge in [-0.25, -0.2) is 0 Å². The van der Waals surface area contributed by atoms with E-state index in [-0.39, 0.29) is 10.8 Å². The summed E-state index contributed by atoms with van der Waals surface area (Å²) < 4.78 is 5.07. The molecule has 0 amide bonds. The Morgan fingerprint density at radius 3 is 1.01 bits per heavy atom. The summed E-state index contributed by atoms with van der Waals surface area (Å²) in [5, 5.41) is 10.1. The highest BCUT2D eigenvalue weighted by Crippen LogP contribution is 2.54. The molecule has 358 valence electrons. The average Bonchev–Trinajstić information content (AvgIpc) is 4.45. The number of aromatic nitrogens is 2. The van der Waals surface area contributed by atoms with Crippen LogP contribution in [0.25, 0.3) is 98.4 Å². The van der Waals surface area contributed by atoms with Crippen molar-refractivity contribution in [2.75, 3.05) is 9.80 Å².